The van der Waals surface area contributed by atoms with Crippen molar-refractivity contribution in [3.63, 3.8) is 0 Å². The SMILES string of the molecule is CCc1n[nH]c(=S)n1CCNC(=O)CC(C)(C)c1ccccc1. The van der Waals surface area contributed by atoms with Gasteiger partial charge in [0.15, 0.2) is 4.77 Å². The largest absolute Gasteiger partial charge is 0.354 e. The van der Waals surface area contributed by atoms with E-state index < -0.39 is 0 Å². The van der Waals surface area contributed by atoms with Gasteiger partial charge in [-0.05, 0) is 23.2 Å². The van der Waals surface area contributed by atoms with E-state index in [0.29, 0.717) is 24.3 Å². The lowest BCUT2D eigenvalue weighted by Crippen LogP contribution is -2.33. The summed E-state index contributed by atoms with van der Waals surface area (Å²) in [5, 5.41) is 9.93. The Morgan fingerprint density at radius 2 is 2.04 bits per heavy atom. The molecule has 2 rings (SSSR count). The van der Waals surface area contributed by atoms with Crippen LogP contribution in [0.1, 0.15) is 38.6 Å². The van der Waals surface area contributed by atoms with Crippen LogP contribution in [0.3, 0.4) is 0 Å². The normalized spacial score (nSPS) is 11.4. The maximum atomic E-state index is 12.2. The van der Waals surface area contributed by atoms with Crippen molar-refractivity contribution >= 4 is 18.1 Å². The molecule has 0 atom stereocenters. The Balaban J connectivity index is 1.88. The number of aromatic nitrogens is 3. The molecule has 2 N–H and O–H groups in total. The van der Waals surface area contributed by atoms with Crippen molar-refractivity contribution in [3.8, 4) is 0 Å². The molecule has 0 aliphatic rings. The van der Waals surface area contributed by atoms with E-state index >= 15 is 0 Å². The molecular formula is C17H24N4OS. The van der Waals surface area contributed by atoms with Gasteiger partial charge in [-0.15, -0.1) is 0 Å². The van der Waals surface area contributed by atoms with Gasteiger partial charge in [-0.2, -0.15) is 5.10 Å². The number of hydrogen-bond acceptors (Lipinski definition) is 3. The monoisotopic (exact) mass is 332 g/mol. The number of amides is 1. The van der Waals surface area contributed by atoms with Gasteiger partial charge in [0.2, 0.25) is 5.91 Å². The van der Waals surface area contributed by atoms with Gasteiger partial charge in [-0.1, -0.05) is 51.1 Å². The third-order valence-corrected chi connectivity index (χ3v) is 4.28. The highest BCUT2D eigenvalue weighted by molar-refractivity contribution is 7.71. The van der Waals surface area contributed by atoms with Crippen LogP contribution in [-0.2, 0) is 23.2 Å². The van der Waals surface area contributed by atoms with E-state index in [-0.39, 0.29) is 11.3 Å². The molecule has 0 saturated carbocycles. The molecule has 0 aliphatic heterocycles. The molecule has 1 amide bonds. The summed E-state index contributed by atoms with van der Waals surface area (Å²) in [6.45, 7) is 7.38. The molecule has 6 heteroatoms. The highest BCUT2D eigenvalue weighted by Gasteiger charge is 2.23. The van der Waals surface area contributed by atoms with E-state index in [4.69, 9.17) is 12.2 Å². The van der Waals surface area contributed by atoms with Gasteiger partial charge < -0.3 is 9.88 Å². The number of rotatable bonds is 7. The molecule has 23 heavy (non-hydrogen) atoms. The maximum Gasteiger partial charge on any atom is 0.220 e. The van der Waals surface area contributed by atoms with Crippen LogP contribution in [0.5, 0.6) is 0 Å². The molecule has 124 valence electrons. The number of benzene rings is 1. The van der Waals surface area contributed by atoms with E-state index in [1.54, 1.807) is 0 Å². The van der Waals surface area contributed by atoms with Crippen LogP contribution < -0.4 is 5.32 Å². The average Bonchev–Trinajstić information content (AvgIpc) is 2.88. The Hall–Kier alpha value is -1.95. The zero-order valence-electron chi connectivity index (χ0n) is 13.9. The second kappa shape index (κ2) is 7.55. The summed E-state index contributed by atoms with van der Waals surface area (Å²) in [7, 11) is 0. The zero-order valence-corrected chi connectivity index (χ0v) is 14.7. The number of H-pyrrole nitrogens is 1. The predicted octanol–water partition coefficient (Wildman–Crippen LogP) is 2.99. The second-order valence-electron chi connectivity index (χ2n) is 6.23. The molecule has 5 nitrogen and oxygen atoms in total. The average molecular weight is 332 g/mol. The van der Waals surface area contributed by atoms with Gasteiger partial charge >= 0.3 is 0 Å². The van der Waals surface area contributed by atoms with Gasteiger partial charge in [-0.25, -0.2) is 0 Å². The Morgan fingerprint density at radius 3 is 2.70 bits per heavy atom. The number of aromatic amines is 1. The summed E-state index contributed by atoms with van der Waals surface area (Å²) in [6, 6.07) is 10.1. The van der Waals surface area contributed by atoms with Crippen molar-refractivity contribution in [1.82, 2.24) is 20.1 Å². The van der Waals surface area contributed by atoms with Crippen LogP contribution >= 0.6 is 12.2 Å². The highest BCUT2D eigenvalue weighted by atomic mass is 32.1. The summed E-state index contributed by atoms with van der Waals surface area (Å²) in [5.74, 6) is 0.959. The van der Waals surface area contributed by atoms with E-state index in [9.17, 15) is 4.79 Å². The molecule has 1 aromatic carbocycles. The number of aryl methyl sites for hydroxylation is 1. The quantitative estimate of drug-likeness (QED) is 0.766. The molecule has 0 unspecified atom stereocenters. The number of nitrogens with zero attached hydrogens (tertiary/aromatic N) is 2. The first-order valence-corrected chi connectivity index (χ1v) is 8.31. The number of hydrogen-bond donors (Lipinski definition) is 2. The smallest absolute Gasteiger partial charge is 0.220 e. The van der Waals surface area contributed by atoms with Gasteiger partial charge in [0, 0.05) is 25.9 Å². The van der Waals surface area contributed by atoms with Crippen LogP contribution in [0.2, 0.25) is 0 Å². The highest BCUT2D eigenvalue weighted by Crippen LogP contribution is 2.26. The fourth-order valence-electron chi connectivity index (χ4n) is 2.61. The molecule has 0 aliphatic carbocycles. The zero-order chi connectivity index (χ0) is 16.9. The molecule has 0 saturated heterocycles. The lowest BCUT2D eigenvalue weighted by Gasteiger charge is -2.24. The Morgan fingerprint density at radius 1 is 1.35 bits per heavy atom. The summed E-state index contributed by atoms with van der Waals surface area (Å²) >= 11 is 5.20. The van der Waals surface area contributed by atoms with Crippen LogP contribution in [0.25, 0.3) is 0 Å². The molecule has 0 spiro atoms. The fourth-order valence-corrected chi connectivity index (χ4v) is 2.86. The van der Waals surface area contributed by atoms with E-state index in [0.717, 1.165) is 12.2 Å². The van der Waals surface area contributed by atoms with E-state index in [1.165, 1.54) is 5.56 Å². The third-order valence-electron chi connectivity index (χ3n) is 3.97. The van der Waals surface area contributed by atoms with Crippen LogP contribution in [0.15, 0.2) is 30.3 Å². The summed E-state index contributed by atoms with van der Waals surface area (Å²) in [6.07, 6.45) is 1.26. The van der Waals surface area contributed by atoms with Gasteiger partial charge in [-0.3, -0.25) is 9.89 Å². The standard InChI is InChI=1S/C17H24N4OS/c1-4-14-19-20-16(23)21(14)11-10-18-15(22)12-17(2,3)13-8-6-5-7-9-13/h5-9H,4,10-12H2,1-3H3,(H,18,22)(H,20,23). The van der Waals surface area contributed by atoms with Crippen molar-refractivity contribution in [2.24, 2.45) is 0 Å². The summed E-state index contributed by atoms with van der Waals surface area (Å²) in [5.41, 5.74) is 0.978. The summed E-state index contributed by atoms with van der Waals surface area (Å²) < 4.78 is 2.53. The molecular weight excluding hydrogens is 308 g/mol. The van der Waals surface area contributed by atoms with Crippen molar-refractivity contribution in [1.29, 1.82) is 0 Å². The van der Waals surface area contributed by atoms with Gasteiger partial charge in [0.25, 0.3) is 0 Å². The van der Waals surface area contributed by atoms with Crippen LogP contribution in [0.4, 0.5) is 0 Å². The maximum absolute atomic E-state index is 12.2. The first kappa shape index (κ1) is 17.4. The number of carbonyl (C=O) groups is 1. The summed E-state index contributed by atoms with van der Waals surface area (Å²) in [4.78, 5) is 12.2. The molecule has 0 bridgehead atoms. The molecule has 0 radical (unpaired) electrons. The number of carbonyl (C=O) groups excluding carboxylic acids is 1. The molecule has 1 heterocycles. The van der Waals surface area contributed by atoms with E-state index in [2.05, 4.69) is 41.5 Å². The Kier molecular flexibility index (Phi) is 5.71. The molecule has 0 fully saturated rings. The Labute approximate surface area is 142 Å². The fraction of sp³-hybridized carbons (Fsp3) is 0.471. The van der Waals surface area contributed by atoms with E-state index in [1.807, 2.05) is 29.7 Å². The lowest BCUT2D eigenvalue weighted by atomic mass is 9.81. The minimum absolute atomic E-state index is 0.0481. The van der Waals surface area contributed by atoms with Gasteiger partial charge in [0.1, 0.15) is 5.82 Å². The van der Waals surface area contributed by atoms with Crippen molar-refractivity contribution < 1.29 is 4.79 Å². The van der Waals surface area contributed by atoms with Crippen LogP contribution in [0, 0.1) is 4.77 Å². The first-order chi connectivity index (χ1) is 10.9. The molecule has 1 aromatic heterocycles. The number of nitrogens with one attached hydrogen (secondary N) is 2. The minimum Gasteiger partial charge on any atom is -0.354 e. The van der Waals surface area contributed by atoms with Gasteiger partial charge in [0.05, 0.1) is 0 Å². The Bertz CT molecular complexity index is 703. The second-order valence-corrected chi connectivity index (χ2v) is 6.61. The van der Waals surface area contributed by atoms with Crippen molar-refractivity contribution in [2.45, 2.75) is 45.6 Å². The predicted molar refractivity (Wildman–Crippen MR) is 93.9 cm³/mol. The topological polar surface area (TPSA) is 62.7 Å². The lowest BCUT2D eigenvalue weighted by molar-refractivity contribution is -0.122. The van der Waals surface area contributed by atoms with Crippen molar-refractivity contribution in [3.05, 3.63) is 46.5 Å². The van der Waals surface area contributed by atoms with Crippen molar-refractivity contribution in [2.75, 3.05) is 6.54 Å². The van der Waals surface area contributed by atoms with Crippen LogP contribution in [-0.4, -0.2) is 27.2 Å². The molecule has 2 aromatic rings. The minimum atomic E-state index is -0.189. The third kappa shape index (κ3) is 4.51. The first-order valence-electron chi connectivity index (χ1n) is 7.90.